The molecule has 2 aliphatic carbocycles. The Hall–Kier alpha value is -0.440. The van der Waals surface area contributed by atoms with Gasteiger partial charge < -0.3 is 0 Å². The molecule has 2 fully saturated rings. The van der Waals surface area contributed by atoms with Crippen LogP contribution in [-0.4, -0.2) is 0 Å². The molecule has 0 heteroatoms. The van der Waals surface area contributed by atoms with Crippen LogP contribution in [0.4, 0.5) is 0 Å². The predicted octanol–water partition coefficient (Wildman–Crippen LogP) is 5.42. The number of hydrogen-bond donors (Lipinski definition) is 0. The summed E-state index contributed by atoms with van der Waals surface area (Å²) in [5.41, 5.74) is 0.340. The summed E-state index contributed by atoms with van der Waals surface area (Å²) in [6.45, 7) is 6.77. The molecule has 0 spiro atoms. The molecule has 0 N–H and O–H groups in total. The maximum absolute atomic E-state index is 3.44. The summed E-state index contributed by atoms with van der Waals surface area (Å²) in [6, 6.07) is 0. The summed E-state index contributed by atoms with van der Waals surface area (Å²) >= 11 is 0. The average molecular weight is 246 g/mol. The molecule has 102 valence electrons. The van der Waals surface area contributed by atoms with Crippen LogP contribution in [0, 0.1) is 35.0 Å². The molecule has 0 nitrogen and oxygen atoms in total. The highest BCUT2D eigenvalue weighted by molar-refractivity contribution is 5.10. The molecule has 0 atom stereocenters. The second-order valence-corrected chi connectivity index (χ2v) is 7.24. The van der Waals surface area contributed by atoms with E-state index in [4.69, 9.17) is 0 Å². The van der Waals surface area contributed by atoms with Crippen molar-refractivity contribution in [3.05, 3.63) is 0 Å². The molecule has 0 aromatic carbocycles. The minimum Gasteiger partial charge on any atom is -0.106 e. The fourth-order valence-electron chi connectivity index (χ4n) is 4.01. The zero-order valence-corrected chi connectivity index (χ0v) is 12.6. The summed E-state index contributed by atoms with van der Waals surface area (Å²) in [5, 5.41) is 0. The maximum atomic E-state index is 3.44. The second kappa shape index (κ2) is 6.14. The molecule has 0 heterocycles. The van der Waals surface area contributed by atoms with Crippen molar-refractivity contribution in [2.45, 2.75) is 78.6 Å². The third kappa shape index (κ3) is 3.78. The van der Waals surface area contributed by atoms with Crippen LogP contribution in [0.15, 0.2) is 0 Å². The van der Waals surface area contributed by atoms with Gasteiger partial charge in [0.2, 0.25) is 0 Å². The second-order valence-electron chi connectivity index (χ2n) is 7.24. The molecule has 18 heavy (non-hydrogen) atoms. The van der Waals surface area contributed by atoms with E-state index >= 15 is 0 Å². The van der Waals surface area contributed by atoms with Gasteiger partial charge >= 0.3 is 0 Å². The molecule has 2 rings (SSSR count). The molecule has 2 aliphatic rings. The first-order valence-electron chi connectivity index (χ1n) is 8.05. The first kappa shape index (κ1) is 14.0. The lowest BCUT2D eigenvalue weighted by atomic mass is 9.68. The normalized spacial score (nSPS) is 40.9. The molecule has 0 saturated heterocycles. The first-order valence-corrected chi connectivity index (χ1v) is 8.05. The van der Waals surface area contributed by atoms with Crippen LogP contribution in [-0.2, 0) is 0 Å². The minimum atomic E-state index is 0.340. The van der Waals surface area contributed by atoms with E-state index in [0.29, 0.717) is 5.41 Å². The van der Waals surface area contributed by atoms with Gasteiger partial charge in [-0.05, 0) is 63.7 Å². The van der Waals surface area contributed by atoms with Crippen LogP contribution in [0.25, 0.3) is 0 Å². The number of hydrogen-bond acceptors (Lipinski definition) is 0. The molecule has 0 unspecified atom stereocenters. The van der Waals surface area contributed by atoms with Crippen molar-refractivity contribution in [2.75, 3.05) is 0 Å². The van der Waals surface area contributed by atoms with E-state index < -0.39 is 0 Å². The van der Waals surface area contributed by atoms with Gasteiger partial charge in [0, 0.05) is 5.41 Å². The van der Waals surface area contributed by atoms with E-state index in [0.717, 1.165) is 17.8 Å². The molecule has 0 aromatic rings. The van der Waals surface area contributed by atoms with E-state index in [-0.39, 0.29) is 0 Å². The summed E-state index contributed by atoms with van der Waals surface area (Å²) in [7, 11) is 0. The monoisotopic (exact) mass is 246 g/mol. The third-order valence-corrected chi connectivity index (χ3v) is 5.44. The van der Waals surface area contributed by atoms with E-state index in [2.05, 4.69) is 25.7 Å². The van der Waals surface area contributed by atoms with Gasteiger partial charge in [0.25, 0.3) is 0 Å². The number of rotatable bonds is 2. The first-order chi connectivity index (χ1) is 8.61. The average Bonchev–Trinajstić information content (AvgIpc) is 2.35. The summed E-state index contributed by atoms with van der Waals surface area (Å²) in [6.07, 6.45) is 13.0. The van der Waals surface area contributed by atoms with E-state index in [1.54, 1.807) is 0 Å². The molecular formula is C18H30. The van der Waals surface area contributed by atoms with Crippen molar-refractivity contribution < 1.29 is 0 Å². The molecule has 2 saturated carbocycles. The molecule has 0 aromatic heterocycles. The van der Waals surface area contributed by atoms with Crippen LogP contribution in [0.3, 0.4) is 0 Å². The van der Waals surface area contributed by atoms with Crippen molar-refractivity contribution >= 4 is 0 Å². The van der Waals surface area contributed by atoms with Gasteiger partial charge in [-0.15, -0.1) is 5.92 Å². The van der Waals surface area contributed by atoms with Crippen LogP contribution >= 0.6 is 0 Å². The lowest BCUT2D eigenvalue weighted by Gasteiger charge is -2.36. The SMILES string of the molecule is CC#CC1(C)CCC(CC2CCC(C)CC2)CC1. The summed E-state index contributed by atoms with van der Waals surface area (Å²) in [5.74, 6) is 9.62. The van der Waals surface area contributed by atoms with Crippen LogP contribution < -0.4 is 0 Å². The smallest absolute Gasteiger partial charge is 0.0286 e. The van der Waals surface area contributed by atoms with Crippen molar-refractivity contribution in [1.82, 2.24) is 0 Å². The topological polar surface area (TPSA) is 0 Å². The lowest BCUT2D eigenvalue weighted by molar-refractivity contribution is 0.177. The van der Waals surface area contributed by atoms with Crippen molar-refractivity contribution in [1.29, 1.82) is 0 Å². The zero-order valence-electron chi connectivity index (χ0n) is 12.6. The summed E-state index contributed by atoms with van der Waals surface area (Å²) in [4.78, 5) is 0. The minimum absolute atomic E-state index is 0.340. The Morgan fingerprint density at radius 3 is 2.06 bits per heavy atom. The zero-order chi connectivity index (χ0) is 13.0. The van der Waals surface area contributed by atoms with Gasteiger partial charge in [0.05, 0.1) is 0 Å². The highest BCUT2D eigenvalue weighted by atomic mass is 14.3. The maximum Gasteiger partial charge on any atom is 0.0286 e. The van der Waals surface area contributed by atoms with Crippen molar-refractivity contribution in [2.24, 2.45) is 23.2 Å². The van der Waals surface area contributed by atoms with E-state index in [1.807, 2.05) is 6.92 Å². The molecule has 0 aliphatic heterocycles. The molecule has 0 radical (unpaired) electrons. The molecular weight excluding hydrogens is 216 g/mol. The van der Waals surface area contributed by atoms with Crippen molar-refractivity contribution in [3.63, 3.8) is 0 Å². The largest absolute Gasteiger partial charge is 0.106 e. The standard InChI is InChI=1S/C18H30/c1-4-11-18(3)12-9-17(10-13-18)14-16-7-5-15(2)6-8-16/h15-17H,5-10,12-14H2,1-3H3. The molecule has 0 amide bonds. The van der Waals surface area contributed by atoms with Gasteiger partial charge in [0.1, 0.15) is 0 Å². The Bertz CT molecular complexity index is 301. The van der Waals surface area contributed by atoms with Crippen LogP contribution in [0.1, 0.15) is 78.6 Å². The Balaban J connectivity index is 1.74. The van der Waals surface area contributed by atoms with Crippen molar-refractivity contribution in [3.8, 4) is 11.8 Å². The predicted molar refractivity (Wildman–Crippen MR) is 79.3 cm³/mol. The van der Waals surface area contributed by atoms with Gasteiger partial charge in [-0.2, -0.15) is 0 Å². The Morgan fingerprint density at radius 1 is 0.944 bits per heavy atom. The van der Waals surface area contributed by atoms with Crippen LogP contribution in [0.2, 0.25) is 0 Å². The fraction of sp³-hybridized carbons (Fsp3) is 0.889. The van der Waals surface area contributed by atoms with Gasteiger partial charge in [0.15, 0.2) is 0 Å². The van der Waals surface area contributed by atoms with Crippen LogP contribution in [0.5, 0.6) is 0 Å². The Kier molecular flexibility index (Phi) is 4.77. The van der Waals surface area contributed by atoms with E-state index in [1.165, 1.54) is 57.8 Å². The Morgan fingerprint density at radius 2 is 1.50 bits per heavy atom. The summed E-state index contributed by atoms with van der Waals surface area (Å²) < 4.78 is 0. The van der Waals surface area contributed by atoms with Gasteiger partial charge in [-0.1, -0.05) is 38.5 Å². The van der Waals surface area contributed by atoms with E-state index in [9.17, 15) is 0 Å². The van der Waals surface area contributed by atoms with Gasteiger partial charge in [-0.25, -0.2) is 0 Å². The quantitative estimate of drug-likeness (QED) is 0.570. The fourth-order valence-corrected chi connectivity index (χ4v) is 4.01. The lowest BCUT2D eigenvalue weighted by Crippen LogP contribution is -2.25. The highest BCUT2D eigenvalue weighted by Crippen LogP contribution is 2.42. The van der Waals surface area contributed by atoms with Gasteiger partial charge in [-0.3, -0.25) is 0 Å². The Labute approximate surface area is 114 Å². The third-order valence-electron chi connectivity index (χ3n) is 5.44. The molecule has 0 bridgehead atoms. The highest BCUT2D eigenvalue weighted by Gasteiger charge is 2.31.